The monoisotopic (exact) mass is 501 g/mol. The second-order valence-electron chi connectivity index (χ2n) is 7.85. The Morgan fingerprint density at radius 3 is 2.36 bits per heavy atom. The predicted molar refractivity (Wildman–Crippen MR) is 136 cm³/mol. The number of nitrogens with zero attached hydrogens (tertiary/aromatic N) is 3. The quantitative estimate of drug-likeness (QED) is 0.241. The first kappa shape index (κ1) is 23.6. The van der Waals surface area contributed by atoms with Crippen molar-refractivity contribution in [2.75, 3.05) is 0 Å². The highest BCUT2D eigenvalue weighted by molar-refractivity contribution is 7.99. The summed E-state index contributed by atoms with van der Waals surface area (Å²) in [5, 5.41) is 4.74. The number of rotatable bonds is 5. The van der Waals surface area contributed by atoms with Gasteiger partial charge >= 0.3 is 6.18 Å². The molecule has 0 atom stereocenters. The molecule has 0 aliphatic rings. The molecule has 0 unspecified atom stereocenters. The normalized spacial score (nSPS) is 11.9. The summed E-state index contributed by atoms with van der Waals surface area (Å²) in [6.45, 7) is 0. The number of benzene rings is 4. The van der Waals surface area contributed by atoms with E-state index in [0.29, 0.717) is 10.9 Å². The van der Waals surface area contributed by atoms with E-state index in [4.69, 9.17) is 0 Å². The molecule has 0 bridgehead atoms. The van der Waals surface area contributed by atoms with Gasteiger partial charge in [0, 0.05) is 20.9 Å². The third-order valence-corrected chi connectivity index (χ3v) is 6.50. The van der Waals surface area contributed by atoms with E-state index >= 15 is 0 Å². The van der Waals surface area contributed by atoms with Gasteiger partial charge in [-0.2, -0.15) is 22.9 Å². The topological polar surface area (TPSA) is 47.2 Å². The summed E-state index contributed by atoms with van der Waals surface area (Å²) in [5.41, 5.74) is -0.0421. The van der Waals surface area contributed by atoms with Gasteiger partial charge in [0.05, 0.1) is 22.7 Å². The minimum Gasteiger partial charge on any atom is -0.267 e. The zero-order chi connectivity index (χ0) is 25.1. The largest absolute Gasteiger partial charge is 0.416 e. The molecule has 0 fully saturated rings. The highest BCUT2D eigenvalue weighted by atomic mass is 32.2. The molecule has 0 saturated heterocycles. The maximum absolute atomic E-state index is 13.4. The van der Waals surface area contributed by atoms with Gasteiger partial charge < -0.3 is 0 Å². The molecule has 36 heavy (non-hydrogen) atoms. The van der Waals surface area contributed by atoms with Crippen molar-refractivity contribution in [2.24, 2.45) is 5.10 Å². The van der Waals surface area contributed by atoms with Gasteiger partial charge in [0.2, 0.25) is 0 Å². The summed E-state index contributed by atoms with van der Waals surface area (Å²) in [6, 6.07) is 28.8. The van der Waals surface area contributed by atoms with E-state index in [1.54, 1.807) is 36.0 Å². The Morgan fingerprint density at radius 1 is 0.833 bits per heavy atom. The number of para-hydroxylation sites is 1. The van der Waals surface area contributed by atoms with E-state index in [0.717, 1.165) is 32.2 Å². The van der Waals surface area contributed by atoms with Gasteiger partial charge in [-0.3, -0.25) is 4.79 Å². The minimum atomic E-state index is -4.53. The highest BCUT2D eigenvalue weighted by Crippen LogP contribution is 2.32. The number of hydrogen-bond donors (Lipinski definition) is 0. The lowest BCUT2D eigenvalue weighted by Crippen LogP contribution is -2.20. The Bertz CT molecular complexity index is 1630. The van der Waals surface area contributed by atoms with Crippen LogP contribution in [0.25, 0.3) is 22.3 Å². The average molecular weight is 502 g/mol. The molecule has 178 valence electrons. The van der Waals surface area contributed by atoms with Gasteiger partial charge in [-0.15, -0.1) is 0 Å². The van der Waals surface area contributed by atoms with Crippen molar-refractivity contribution in [2.45, 2.75) is 16.0 Å². The van der Waals surface area contributed by atoms with Crippen molar-refractivity contribution in [1.82, 2.24) is 9.66 Å². The number of fused-ring (bicyclic) bond motifs is 1. The van der Waals surface area contributed by atoms with E-state index in [9.17, 15) is 18.0 Å². The fourth-order valence-corrected chi connectivity index (χ4v) is 4.60. The molecule has 4 aromatic carbocycles. The van der Waals surface area contributed by atoms with Gasteiger partial charge in [0.1, 0.15) is 0 Å². The first-order valence-corrected chi connectivity index (χ1v) is 11.8. The van der Waals surface area contributed by atoms with Gasteiger partial charge in [0.25, 0.3) is 5.56 Å². The second kappa shape index (κ2) is 9.83. The molecule has 0 saturated carbocycles. The highest BCUT2D eigenvalue weighted by Gasteiger charge is 2.31. The average Bonchev–Trinajstić information content (AvgIpc) is 2.89. The summed E-state index contributed by atoms with van der Waals surface area (Å²) >= 11 is 1.54. The summed E-state index contributed by atoms with van der Waals surface area (Å²) in [5.74, 6) is 0.0224. The molecule has 0 aliphatic heterocycles. The van der Waals surface area contributed by atoms with Crippen LogP contribution in [0.4, 0.5) is 13.2 Å². The van der Waals surface area contributed by atoms with Gasteiger partial charge in [-0.1, -0.05) is 72.4 Å². The van der Waals surface area contributed by atoms with Crippen molar-refractivity contribution >= 4 is 28.9 Å². The van der Waals surface area contributed by atoms with Crippen LogP contribution in [-0.2, 0) is 6.18 Å². The van der Waals surface area contributed by atoms with Crippen LogP contribution >= 0.6 is 11.8 Å². The first-order valence-electron chi connectivity index (χ1n) is 11.0. The molecule has 0 N–H and O–H groups in total. The molecule has 0 spiro atoms. The molecule has 4 nitrogen and oxygen atoms in total. The minimum absolute atomic E-state index is 0.0224. The lowest BCUT2D eigenvalue weighted by Gasteiger charge is -2.12. The molecule has 0 aliphatic carbocycles. The fraction of sp³-hybridized carbons (Fsp3) is 0.0357. The third-order valence-electron chi connectivity index (χ3n) is 5.40. The Kier molecular flexibility index (Phi) is 6.43. The summed E-state index contributed by atoms with van der Waals surface area (Å²) in [7, 11) is 0. The Hall–Kier alpha value is -4.17. The molecule has 1 heterocycles. The zero-order valence-electron chi connectivity index (χ0n) is 18.7. The van der Waals surface area contributed by atoms with Crippen LogP contribution < -0.4 is 5.56 Å². The summed E-state index contributed by atoms with van der Waals surface area (Å²) < 4.78 is 41.2. The van der Waals surface area contributed by atoms with Crippen molar-refractivity contribution in [3.05, 3.63) is 125 Å². The molecule has 0 radical (unpaired) electrons. The molecular weight excluding hydrogens is 483 g/mol. The molecule has 5 aromatic rings. The van der Waals surface area contributed by atoms with E-state index < -0.39 is 17.3 Å². The Labute approximate surface area is 208 Å². The third kappa shape index (κ3) is 4.94. The summed E-state index contributed by atoms with van der Waals surface area (Å²) in [4.78, 5) is 19.8. The van der Waals surface area contributed by atoms with Gasteiger partial charge in [0.15, 0.2) is 5.82 Å². The number of halogens is 3. The predicted octanol–water partition coefficient (Wildman–Crippen LogP) is 7.12. The Balaban J connectivity index is 1.64. The van der Waals surface area contributed by atoms with Crippen LogP contribution in [0.15, 0.2) is 123 Å². The zero-order valence-corrected chi connectivity index (χ0v) is 19.5. The second-order valence-corrected chi connectivity index (χ2v) is 8.96. The van der Waals surface area contributed by atoms with Crippen LogP contribution in [0.5, 0.6) is 0 Å². The molecule has 1 aromatic heterocycles. The SMILES string of the molecule is O=c1c2ccccc2nc(-c2cccc(C(F)(F)F)c2)n1N=Cc1ccccc1Sc1ccccc1. The smallest absolute Gasteiger partial charge is 0.267 e. The van der Waals surface area contributed by atoms with Crippen molar-refractivity contribution in [3.63, 3.8) is 0 Å². The van der Waals surface area contributed by atoms with Gasteiger partial charge in [-0.25, -0.2) is 4.98 Å². The number of alkyl halides is 3. The van der Waals surface area contributed by atoms with Gasteiger partial charge in [-0.05, 0) is 42.5 Å². The Morgan fingerprint density at radius 2 is 1.56 bits per heavy atom. The molecular formula is C28H18F3N3OS. The lowest BCUT2D eigenvalue weighted by atomic mass is 10.1. The fourth-order valence-electron chi connectivity index (χ4n) is 3.67. The van der Waals surface area contributed by atoms with Crippen LogP contribution in [0.2, 0.25) is 0 Å². The number of aromatic nitrogens is 2. The molecule has 5 rings (SSSR count). The van der Waals surface area contributed by atoms with Crippen LogP contribution in [-0.4, -0.2) is 15.9 Å². The number of hydrogen-bond acceptors (Lipinski definition) is 4. The van der Waals surface area contributed by atoms with E-state index in [-0.39, 0.29) is 11.4 Å². The van der Waals surface area contributed by atoms with Crippen LogP contribution in [0.3, 0.4) is 0 Å². The van der Waals surface area contributed by atoms with E-state index in [1.807, 2.05) is 54.6 Å². The van der Waals surface area contributed by atoms with E-state index in [2.05, 4.69) is 10.1 Å². The molecule has 0 amide bonds. The maximum atomic E-state index is 13.4. The van der Waals surface area contributed by atoms with Crippen molar-refractivity contribution in [1.29, 1.82) is 0 Å². The summed E-state index contributed by atoms with van der Waals surface area (Å²) in [6.07, 6.45) is -3.00. The van der Waals surface area contributed by atoms with Crippen LogP contribution in [0.1, 0.15) is 11.1 Å². The maximum Gasteiger partial charge on any atom is 0.416 e. The molecule has 8 heteroatoms. The first-order chi connectivity index (χ1) is 17.4. The van der Waals surface area contributed by atoms with E-state index in [1.165, 1.54) is 18.3 Å². The lowest BCUT2D eigenvalue weighted by molar-refractivity contribution is -0.137. The van der Waals surface area contributed by atoms with Crippen LogP contribution in [0, 0.1) is 0 Å². The van der Waals surface area contributed by atoms with Crippen molar-refractivity contribution in [3.8, 4) is 11.4 Å². The standard InChI is InChI=1S/C28H18F3N3OS/c29-28(30,31)21-11-8-10-19(17-21)26-33-24-15-6-5-14-23(24)27(35)34(26)32-18-20-9-4-7-16-25(20)36-22-12-2-1-3-13-22/h1-18H. The van der Waals surface area contributed by atoms with Crippen molar-refractivity contribution < 1.29 is 13.2 Å².